The molecule has 218 valence electrons. The molecule has 0 bridgehead atoms. The number of carbonyl (C=O) groups excluding carboxylic acids is 1. The number of urea groups is 1. The number of nitrogens with zero attached hydrogens (tertiary/aromatic N) is 5. The summed E-state index contributed by atoms with van der Waals surface area (Å²) in [6.45, 7) is 5.79. The van der Waals surface area contributed by atoms with E-state index in [1.165, 1.54) is 6.07 Å². The van der Waals surface area contributed by atoms with E-state index in [-0.39, 0.29) is 23.8 Å². The molecule has 0 spiro atoms. The average Bonchev–Trinajstić information content (AvgIpc) is 3.69. The van der Waals surface area contributed by atoms with Crippen LogP contribution < -0.4 is 10.6 Å². The summed E-state index contributed by atoms with van der Waals surface area (Å²) in [5, 5.41) is 15.6. The predicted molar refractivity (Wildman–Crippen MR) is 156 cm³/mol. The second-order valence-electron chi connectivity index (χ2n) is 10.4. The number of anilines is 1. The van der Waals surface area contributed by atoms with Crippen molar-refractivity contribution in [1.82, 2.24) is 29.8 Å². The first-order valence-corrected chi connectivity index (χ1v) is 14.0. The molecule has 1 saturated heterocycles. The molecule has 2 N–H and O–H groups in total. The van der Waals surface area contributed by atoms with Crippen molar-refractivity contribution < 1.29 is 18.7 Å². The van der Waals surface area contributed by atoms with Gasteiger partial charge in [0.2, 0.25) is 0 Å². The Kier molecular flexibility index (Phi) is 9.28. The monoisotopic (exact) mass is 563 g/mol. The molecule has 2 atom stereocenters. The molecule has 11 heteroatoms. The summed E-state index contributed by atoms with van der Waals surface area (Å²) >= 11 is 0. The molecule has 2 unspecified atom stereocenters. The van der Waals surface area contributed by atoms with Crippen LogP contribution in [0.3, 0.4) is 0 Å². The van der Waals surface area contributed by atoms with Gasteiger partial charge in [-0.25, -0.2) is 13.9 Å². The van der Waals surface area contributed by atoms with Gasteiger partial charge in [0.05, 0.1) is 37.7 Å². The van der Waals surface area contributed by atoms with Crippen molar-refractivity contribution in [1.29, 1.82) is 0 Å². The number of aromatic nitrogens is 4. The number of ether oxygens (including phenoxy) is 2. The highest BCUT2D eigenvalue weighted by Gasteiger charge is 2.35. The molecule has 0 radical (unpaired) electrons. The molecule has 3 heterocycles. The van der Waals surface area contributed by atoms with E-state index in [4.69, 9.17) is 14.6 Å². The highest BCUT2D eigenvalue weighted by molar-refractivity contribution is 5.91. The molecular weight excluding hydrogens is 525 g/mol. The number of likely N-dealkylation sites (tertiary alicyclic amines) is 1. The zero-order valence-electron chi connectivity index (χ0n) is 23.8. The molecule has 1 fully saturated rings. The summed E-state index contributed by atoms with van der Waals surface area (Å²) in [6, 6.07) is 6.08. The van der Waals surface area contributed by atoms with Crippen molar-refractivity contribution in [3.63, 3.8) is 0 Å². The molecule has 41 heavy (non-hydrogen) atoms. The molecule has 2 amide bonds. The highest BCUT2D eigenvalue weighted by atomic mass is 19.1. The molecule has 1 aromatic carbocycles. The Labute approximate surface area is 239 Å². The summed E-state index contributed by atoms with van der Waals surface area (Å²) in [5.74, 6) is 0.251. The number of nitrogens with one attached hydrogen (secondary N) is 2. The quantitative estimate of drug-likeness (QED) is 0.362. The van der Waals surface area contributed by atoms with Crippen LogP contribution in [0.2, 0.25) is 0 Å². The van der Waals surface area contributed by atoms with Crippen LogP contribution in [0.5, 0.6) is 0 Å². The molecule has 2 aliphatic rings. The number of hydrogen-bond acceptors (Lipinski definition) is 6. The highest BCUT2D eigenvalue weighted by Crippen LogP contribution is 2.32. The van der Waals surface area contributed by atoms with Crippen molar-refractivity contribution in [2.24, 2.45) is 0 Å². The van der Waals surface area contributed by atoms with E-state index in [1.807, 2.05) is 29.9 Å². The van der Waals surface area contributed by atoms with Gasteiger partial charge in [-0.15, -0.1) is 0 Å². The molecule has 0 saturated carbocycles. The second-order valence-corrected chi connectivity index (χ2v) is 10.4. The van der Waals surface area contributed by atoms with Crippen molar-refractivity contribution in [2.75, 3.05) is 52.4 Å². The lowest BCUT2D eigenvalue weighted by Gasteiger charge is -2.21. The Morgan fingerprint density at radius 2 is 1.98 bits per heavy atom. The number of halogens is 1. The zero-order valence-corrected chi connectivity index (χ0v) is 23.8. The Hall–Kier alpha value is -3.80. The normalized spacial score (nSPS) is 19.0. The summed E-state index contributed by atoms with van der Waals surface area (Å²) in [4.78, 5) is 15.8. The van der Waals surface area contributed by atoms with Crippen LogP contribution in [-0.4, -0.2) is 83.6 Å². The Morgan fingerprint density at radius 1 is 1.15 bits per heavy atom. The minimum atomic E-state index is -0.336. The van der Waals surface area contributed by atoms with Crippen LogP contribution in [0.4, 0.5) is 15.0 Å². The lowest BCUT2D eigenvalue weighted by Crippen LogP contribution is -2.42. The van der Waals surface area contributed by atoms with Gasteiger partial charge in [-0.1, -0.05) is 24.3 Å². The average molecular weight is 564 g/mol. The number of allylic oxidation sites excluding steroid dienone is 4. The first-order valence-electron chi connectivity index (χ1n) is 14.0. The van der Waals surface area contributed by atoms with Gasteiger partial charge in [-0.05, 0) is 43.5 Å². The molecule has 2 aromatic heterocycles. The van der Waals surface area contributed by atoms with E-state index in [9.17, 15) is 9.18 Å². The van der Waals surface area contributed by atoms with E-state index >= 15 is 0 Å². The smallest absolute Gasteiger partial charge is 0.320 e. The molecule has 5 rings (SSSR count). The maximum Gasteiger partial charge on any atom is 0.320 e. The van der Waals surface area contributed by atoms with E-state index in [0.29, 0.717) is 38.7 Å². The third-order valence-corrected chi connectivity index (χ3v) is 7.61. The number of rotatable bonds is 11. The van der Waals surface area contributed by atoms with Crippen molar-refractivity contribution >= 4 is 17.5 Å². The van der Waals surface area contributed by atoms with Gasteiger partial charge in [-0.2, -0.15) is 10.2 Å². The summed E-state index contributed by atoms with van der Waals surface area (Å²) < 4.78 is 28.2. The third-order valence-electron chi connectivity index (χ3n) is 7.61. The topological polar surface area (TPSA) is 98.5 Å². The van der Waals surface area contributed by atoms with Crippen molar-refractivity contribution in [3.8, 4) is 11.3 Å². The molecule has 10 nitrogen and oxygen atoms in total. The Morgan fingerprint density at radius 3 is 2.73 bits per heavy atom. The lowest BCUT2D eigenvalue weighted by atomic mass is 9.94. The van der Waals surface area contributed by atoms with E-state index in [2.05, 4.69) is 32.8 Å². The number of benzene rings is 1. The Balaban J connectivity index is 1.39. The van der Waals surface area contributed by atoms with Crippen LogP contribution in [0.1, 0.15) is 29.9 Å². The van der Waals surface area contributed by atoms with Crippen molar-refractivity contribution in [2.45, 2.75) is 38.3 Å². The molecule has 1 aliphatic carbocycles. The summed E-state index contributed by atoms with van der Waals surface area (Å²) in [5.41, 5.74) is 4.20. The zero-order chi connectivity index (χ0) is 28.8. The van der Waals surface area contributed by atoms with Crippen LogP contribution in [0.15, 0.2) is 54.9 Å². The van der Waals surface area contributed by atoms with E-state index < -0.39 is 0 Å². The third kappa shape index (κ3) is 6.75. The minimum absolute atomic E-state index is 0.0585. The lowest BCUT2D eigenvalue weighted by molar-refractivity contribution is 0.159. The molecule has 1 aliphatic heterocycles. The van der Waals surface area contributed by atoms with Gasteiger partial charge < -0.3 is 14.8 Å². The van der Waals surface area contributed by atoms with Crippen LogP contribution in [0.25, 0.3) is 17.0 Å². The van der Waals surface area contributed by atoms with Gasteiger partial charge in [-0.3, -0.25) is 14.9 Å². The number of hydrogen-bond donors (Lipinski definition) is 2. The number of carbonyl (C=O) groups is 1. The SMILES string of the molecule is COCCN1CC(NC(=O)Nc2c(C)c(-c3cnn(CCOC)c3)nn2C2=CCCC=C2)C(c2cccc(F)c2)C1. The van der Waals surface area contributed by atoms with Crippen LogP contribution in [-0.2, 0) is 16.0 Å². The second kappa shape index (κ2) is 13.2. The fourth-order valence-electron chi connectivity index (χ4n) is 5.47. The number of amides is 2. The van der Waals surface area contributed by atoms with Crippen LogP contribution >= 0.6 is 0 Å². The molecular formula is C30H38FN7O3. The minimum Gasteiger partial charge on any atom is -0.383 e. The number of methoxy groups -OCH3 is 2. The van der Waals surface area contributed by atoms with Gasteiger partial charge in [0.15, 0.2) is 0 Å². The fraction of sp³-hybridized carbons (Fsp3) is 0.433. The van der Waals surface area contributed by atoms with Gasteiger partial charge in [0.1, 0.15) is 17.3 Å². The first-order chi connectivity index (χ1) is 20.0. The maximum atomic E-state index is 14.1. The van der Waals surface area contributed by atoms with E-state index in [0.717, 1.165) is 47.5 Å². The van der Waals surface area contributed by atoms with Gasteiger partial charge in [0, 0.05) is 57.1 Å². The summed E-state index contributed by atoms with van der Waals surface area (Å²) in [6.07, 6.45) is 11.8. The van der Waals surface area contributed by atoms with Crippen molar-refractivity contribution in [3.05, 3.63) is 71.8 Å². The Bertz CT molecular complexity index is 1410. The van der Waals surface area contributed by atoms with Gasteiger partial charge in [0.25, 0.3) is 0 Å². The van der Waals surface area contributed by atoms with E-state index in [1.54, 1.807) is 37.2 Å². The molecule has 3 aromatic rings. The fourth-order valence-corrected chi connectivity index (χ4v) is 5.47. The summed E-state index contributed by atoms with van der Waals surface area (Å²) in [7, 11) is 3.33. The standard InChI is InChI=1S/C30H38FN7O3/c1-21-28(23-17-32-37(18-23)13-15-41-3)35-38(25-10-5-4-6-11-25)29(21)34-30(39)33-27-20-36(12-14-40-2)19-26(27)22-8-7-9-24(31)16-22/h5,7-11,16-18,26-27H,4,6,12-15,19-20H2,1-3H3,(H2,33,34,39). The largest absolute Gasteiger partial charge is 0.383 e. The maximum absolute atomic E-state index is 14.1. The van der Waals surface area contributed by atoms with Gasteiger partial charge >= 0.3 is 6.03 Å². The predicted octanol–water partition coefficient (Wildman–Crippen LogP) is 4.27. The van der Waals surface area contributed by atoms with Crippen LogP contribution in [0, 0.1) is 12.7 Å². The first kappa shape index (κ1) is 28.7.